The van der Waals surface area contributed by atoms with E-state index in [2.05, 4.69) is 233 Å². The van der Waals surface area contributed by atoms with Crippen LogP contribution in [0.3, 0.4) is 0 Å². The predicted octanol–water partition coefficient (Wildman–Crippen LogP) is 17.2. The summed E-state index contributed by atoms with van der Waals surface area (Å²) in [5, 5.41) is 0. The van der Waals surface area contributed by atoms with Crippen LogP contribution in [-0.2, 0) is 40.2 Å². The Bertz CT molecular complexity index is 3870. The summed E-state index contributed by atoms with van der Waals surface area (Å²) in [5.74, 6) is 0. The molecule has 10 aromatic rings. The van der Waals surface area contributed by atoms with Gasteiger partial charge in [0.2, 0.25) is 0 Å². The fraction of sp³-hybridized carbons (Fsp3) is 0.208. The normalized spacial score (nSPS) is 16.3. The molecule has 2 aliphatic rings. The molecule has 390 valence electrons. The van der Waals surface area contributed by atoms with Crippen molar-refractivity contribution >= 4 is 12.6 Å². The molecule has 0 radical (unpaired) electrons. The third kappa shape index (κ3) is 9.45. The minimum Gasteiger partial charge on any atom is -0.400 e. The predicted molar refractivity (Wildman–Crippen MR) is 321 cm³/mol. The van der Waals surface area contributed by atoms with Crippen LogP contribution in [0, 0.1) is 23.6 Å². The molecule has 5 nitrogen and oxygen atoms in total. The molecule has 0 N–H and O–H groups in total. The Hall–Kier alpha value is -7.38. The van der Waals surface area contributed by atoms with Gasteiger partial charge in [-0.2, -0.15) is 0 Å². The van der Waals surface area contributed by atoms with E-state index in [9.17, 15) is 0 Å². The summed E-state index contributed by atoms with van der Waals surface area (Å²) in [6, 6.07) is 74.8. The van der Waals surface area contributed by atoms with Gasteiger partial charge in [-0.15, -0.1) is 106 Å². The van der Waals surface area contributed by atoms with Crippen molar-refractivity contribution in [3.05, 3.63) is 230 Å². The molecule has 1 saturated heterocycles. The van der Waals surface area contributed by atoms with Gasteiger partial charge in [-0.25, -0.2) is 0 Å². The Morgan fingerprint density at radius 3 is 1.18 bits per heavy atom. The second-order valence-corrected chi connectivity index (χ2v) is 23.7. The topological polar surface area (TPSA) is 57.1 Å². The van der Waals surface area contributed by atoms with E-state index in [1.165, 1.54) is 11.1 Å². The van der Waals surface area contributed by atoms with Crippen LogP contribution in [0.5, 0.6) is 0 Å². The van der Waals surface area contributed by atoms with Crippen LogP contribution >= 0.6 is 0 Å². The summed E-state index contributed by atoms with van der Waals surface area (Å²) >= 11 is 0. The Kier molecular flexibility index (Phi) is 13.8. The second-order valence-electron chi connectivity index (χ2n) is 23.7. The first-order valence-electron chi connectivity index (χ1n) is 27.1. The van der Waals surface area contributed by atoms with Gasteiger partial charge in [0.1, 0.15) is 0 Å². The van der Waals surface area contributed by atoms with E-state index in [-0.39, 0.29) is 36.4 Å². The van der Waals surface area contributed by atoms with E-state index in [4.69, 9.17) is 24.3 Å². The second kappa shape index (κ2) is 20.4. The number of hydrogen-bond acceptors (Lipinski definition) is 5. The number of rotatable bonds is 10. The summed E-state index contributed by atoms with van der Waals surface area (Å²) in [5.41, 5.74) is 21.3. The number of fused-ring (bicyclic) bond motifs is 1. The average molecular weight is 1210 g/mol. The molecule has 1 aliphatic carbocycles. The van der Waals surface area contributed by atoms with Gasteiger partial charge in [0.15, 0.2) is 0 Å². The molecule has 0 unspecified atom stereocenters. The van der Waals surface area contributed by atoms with E-state index in [1.54, 1.807) is 0 Å². The number of hydrogen-bond donors (Lipinski definition) is 0. The number of benzene rings is 7. The maximum Gasteiger partial charge on any atom is 3.00 e. The SMILES string of the molecule is CC1(C)OB(c2cc[c-]c(-c3ccc(-c4ccccc4-c4cc(-c5ccccc5-c5ccc(-c6[c-]cccc6)nc5)cc(-c5ccccc5-c5ccc(-c6[c-]cc7c(c6)C(C)(C)C(C)(C)C7(C)C)nc5)c4)cn3)c2)OC1(C)C.[Ir+3]. The molecule has 7 aromatic carbocycles. The minimum absolute atomic E-state index is 0. The Labute approximate surface area is 481 Å². The van der Waals surface area contributed by atoms with E-state index in [0.29, 0.717) is 0 Å². The smallest absolute Gasteiger partial charge is 0.400 e. The van der Waals surface area contributed by atoms with Gasteiger partial charge in [0.05, 0.1) is 11.2 Å². The molecular formula is C72H63BIrN3O2. The van der Waals surface area contributed by atoms with Crippen molar-refractivity contribution < 1.29 is 29.4 Å². The van der Waals surface area contributed by atoms with Crippen molar-refractivity contribution in [1.82, 2.24) is 15.0 Å². The summed E-state index contributed by atoms with van der Waals surface area (Å²) in [6.45, 7) is 22.6. The molecule has 1 fully saturated rings. The Balaban J connectivity index is 0.00000660. The summed E-state index contributed by atoms with van der Waals surface area (Å²) in [7, 11) is -0.477. The van der Waals surface area contributed by atoms with Crippen LogP contribution in [0.4, 0.5) is 0 Å². The zero-order valence-corrected chi connectivity index (χ0v) is 49.0. The molecule has 7 heteroatoms. The van der Waals surface area contributed by atoms with Crippen molar-refractivity contribution in [1.29, 1.82) is 0 Å². The van der Waals surface area contributed by atoms with Crippen molar-refractivity contribution in [3.8, 4) is 101 Å². The number of pyridine rings is 3. The van der Waals surface area contributed by atoms with Crippen LogP contribution in [0.2, 0.25) is 0 Å². The zero-order valence-electron chi connectivity index (χ0n) is 46.6. The molecule has 79 heavy (non-hydrogen) atoms. The van der Waals surface area contributed by atoms with Crippen molar-refractivity contribution in [2.45, 2.75) is 91.3 Å². The third-order valence-electron chi connectivity index (χ3n) is 18.2. The van der Waals surface area contributed by atoms with Crippen molar-refractivity contribution in [2.24, 2.45) is 5.41 Å². The fourth-order valence-electron chi connectivity index (χ4n) is 11.6. The Morgan fingerprint density at radius 1 is 0.367 bits per heavy atom. The molecule has 0 bridgehead atoms. The van der Waals surface area contributed by atoms with Crippen molar-refractivity contribution in [2.75, 3.05) is 0 Å². The Morgan fingerprint density at radius 2 is 0.759 bits per heavy atom. The average Bonchev–Trinajstić information content (AvgIpc) is 3.91. The van der Waals surface area contributed by atoms with Crippen LogP contribution in [0.1, 0.15) is 80.4 Å². The third-order valence-corrected chi connectivity index (χ3v) is 18.2. The summed E-state index contributed by atoms with van der Waals surface area (Å²) < 4.78 is 12.8. The van der Waals surface area contributed by atoms with E-state index in [0.717, 1.165) is 106 Å². The van der Waals surface area contributed by atoms with Crippen LogP contribution < -0.4 is 5.46 Å². The van der Waals surface area contributed by atoms with E-state index < -0.39 is 18.3 Å². The zero-order chi connectivity index (χ0) is 54.2. The van der Waals surface area contributed by atoms with Gasteiger partial charge in [-0.3, -0.25) is 0 Å². The molecule has 0 spiro atoms. The maximum atomic E-state index is 6.41. The van der Waals surface area contributed by atoms with Gasteiger partial charge >= 0.3 is 27.2 Å². The fourth-order valence-corrected chi connectivity index (χ4v) is 11.6. The largest absolute Gasteiger partial charge is 3.00 e. The van der Waals surface area contributed by atoms with E-state index >= 15 is 0 Å². The minimum atomic E-state index is -0.477. The van der Waals surface area contributed by atoms with Crippen LogP contribution in [0.25, 0.3) is 101 Å². The van der Waals surface area contributed by atoms with Gasteiger partial charge in [0, 0.05) is 18.6 Å². The molecule has 0 atom stereocenters. The molecule has 1 aliphatic heterocycles. The maximum absolute atomic E-state index is 6.41. The van der Waals surface area contributed by atoms with Gasteiger partial charge in [-0.05, 0) is 146 Å². The quantitative estimate of drug-likeness (QED) is 0.101. The van der Waals surface area contributed by atoms with Crippen LogP contribution in [0.15, 0.2) is 201 Å². The summed E-state index contributed by atoms with van der Waals surface area (Å²) in [4.78, 5) is 15.2. The standard InChI is InChI=1S/C72H63BN3O2.Ir/c1-68(2)63-35-31-49(43-64(63)69(3,4)70(68,5)6)67-38-34-52(46-76-67)59-27-16-19-30-62(59)55-40-53(60-28-17-14-25-57(60)50-32-36-65(74-44-50)47-21-12-11-13-22-47)39-54(41-55)61-29-18-15-26-58(61)51-33-37-66(75-45-51)48-23-20-24-56(42-48)73-77-71(7,8)72(9,10)78-73;/h11-21,24-30,32-46H,1-10H3;/q-3;+3. The van der Waals surface area contributed by atoms with Gasteiger partial charge in [0.25, 0.3) is 0 Å². The molecule has 0 amide bonds. The first-order chi connectivity index (χ1) is 37.4. The molecule has 12 rings (SSSR count). The molecular weight excluding hydrogens is 1140 g/mol. The monoisotopic (exact) mass is 1210 g/mol. The molecule has 3 aromatic heterocycles. The van der Waals surface area contributed by atoms with Gasteiger partial charge < -0.3 is 24.3 Å². The number of aromatic nitrogens is 3. The van der Waals surface area contributed by atoms with Gasteiger partial charge in [-0.1, -0.05) is 151 Å². The first kappa shape index (κ1) is 53.6. The van der Waals surface area contributed by atoms with Crippen molar-refractivity contribution in [3.63, 3.8) is 0 Å². The van der Waals surface area contributed by atoms with E-state index in [1.807, 2.05) is 55.0 Å². The molecule has 4 heterocycles. The number of nitrogens with zero attached hydrogens (tertiary/aromatic N) is 3. The molecule has 0 saturated carbocycles. The summed E-state index contributed by atoms with van der Waals surface area (Å²) in [6.07, 6.45) is 5.98. The first-order valence-corrected chi connectivity index (χ1v) is 27.1. The van der Waals surface area contributed by atoms with Crippen LogP contribution in [-0.4, -0.2) is 33.3 Å².